The normalized spacial score (nSPS) is 24.7. The van der Waals surface area contributed by atoms with Crippen LogP contribution < -0.4 is 0 Å². The Balaban J connectivity index is 2.25. The molecule has 0 aromatic rings. The fourth-order valence-electron chi connectivity index (χ4n) is 2.75. The van der Waals surface area contributed by atoms with Gasteiger partial charge in [-0.2, -0.15) is 0 Å². The Labute approximate surface area is 123 Å². The molecular formula is C13H20NO6P. The van der Waals surface area contributed by atoms with Crippen LogP contribution in [0.15, 0.2) is 11.3 Å². The third kappa shape index (κ3) is 3.05. The Bertz CT molecular complexity index is 495. The van der Waals surface area contributed by atoms with Gasteiger partial charge in [-0.3, -0.25) is 14.2 Å². The summed E-state index contributed by atoms with van der Waals surface area (Å²) < 4.78 is 22.5. The third-order valence-electron chi connectivity index (χ3n) is 3.56. The van der Waals surface area contributed by atoms with Crippen LogP contribution in [0.25, 0.3) is 0 Å². The van der Waals surface area contributed by atoms with Crippen molar-refractivity contribution in [3.8, 4) is 0 Å². The van der Waals surface area contributed by atoms with Gasteiger partial charge in [0.2, 0.25) is 0 Å². The van der Waals surface area contributed by atoms with Crippen LogP contribution in [0.1, 0.15) is 26.7 Å². The van der Waals surface area contributed by atoms with Crippen molar-refractivity contribution >= 4 is 19.3 Å². The van der Waals surface area contributed by atoms with Crippen LogP contribution in [0.5, 0.6) is 0 Å². The van der Waals surface area contributed by atoms with Gasteiger partial charge in [-0.25, -0.2) is 0 Å². The van der Waals surface area contributed by atoms with Crippen molar-refractivity contribution in [3.63, 3.8) is 0 Å². The van der Waals surface area contributed by atoms with Gasteiger partial charge in [0.05, 0.1) is 19.3 Å². The highest BCUT2D eigenvalue weighted by Crippen LogP contribution is 2.50. The number of ketones is 1. The molecule has 0 unspecified atom stereocenters. The summed E-state index contributed by atoms with van der Waals surface area (Å²) >= 11 is 0. The van der Waals surface area contributed by atoms with Crippen molar-refractivity contribution in [2.45, 2.75) is 32.7 Å². The number of allylic oxidation sites excluding steroid dienone is 1. The van der Waals surface area contributed by atoms with Crippen LogP contribution in [0, 0.1) is 0 Å². The summed E-state index contributed by atoms with van der Waals surface area (Å²) in [7, 11) is -3.54. The zero-order chi connectivity index (χ0) is 15.6. The quantitative estimate of drug-likeness (QED) is 0.346. The van der Waals surface area contributed by atoms with E-state index in [2.05, 4.69) is 0 Å². The van der Waals surface area contributed by atoms with E-state index in [1.165, 1.54) is 4.90 Å². The van der Waals surface area contributed by atoms with Gasteiger partial charge in [-0.1, -0.05) is 0 Å². The fraction of sp³-hybridized carbons (Fsp3) is 0.692. The van der Waals surface area contributed by atoms with E-state index in [1.54, 1.807) is 13.8 Å². The van der Waals surface area contributed by atoms with Crippen LogP contribution in [0.3, 0.4) is 0 Å². The number of carbonyl (C=O) groups excluding carboxylic acids is 2. The molecule has 7 nitrogen and oxygen atoms in total. The lowest BCUT2D eigenvalue weighted by molar-refractivity contribution is -0.125. The molecule has 1 amide bonds. The minimum atomic E-state index is -3.54. The van der Waals surface area contributed by atoms with Crippen molar-refractivity contribution in [1.29, 1.82) is 0 Å². The second-order valence-corrected chi connectivity index (χ2v) is 7.00. The van der Waals surface area contributed by atoms with E-state index in [0.29, 0.717) is 13.0 Å². The van der Waals surface area contributed by atoms with Crippen molar-refractivity contribution in [1.82, 2.24) is 4.90 Å². The molecule has 0 saturated carbocycles. The molecule has 1 atom stereocenters. The van der Waals surface area contributed by atoms with Gasteiger partial charge < -0.3 is 19.1 Å². The Hall–Kier alpha value is -1.17. The average molecular weight is 317 g/mol. The number of fused-ring (bicyclic) bond motifs is 1. The maximum Gasteiger partial charge on any atom is 0.338 e. The molecule has 0 bridgehead atoms. The molecule has 118 valence electrons. The van der Waals surface area contributed by atoms with Gasteiger partial charge in [0.15, 0.2) is 5.78 Å². The first-order valence-corrected chi connectivity index (χ1v) is 8.81. The predicted octanol–water partition coefficient (Wildman–Crippen LogP) is 1.64. The topological polar surface area (TPSA) is 93.1 Å². The summed E-state index contributed by atoms with van der Waals surface area (Å²) in [5.74, 6) is -1.38. The van der Waals surface area contributed by atoms with Gasteiger partial charge in [0.25, 0.3) is 5.91 Å². The largest absolute Gasteiger partial charge is 0.511 e. The summed E-state index contributed by atoms with van der Waals surface area (Å²) in [6, 6.07) is -0.478. The monoisotopic (exact) mass is 317 g/mol. The van der Waals surface area contributed by atoms with Crippen molar-refractivity contribution in [2.75, 3.05) is 25.9 Å². The number of hydrogen-bond donors (Lipinski definition) is 1. The number of aliphatic hydroxyl groups excluding tert-OH is 1. The second kappa shape index (κ2) is 6.30. The molecule has 0 aliphatic carbocycles. The van der Waals surface area contributed by atoms with E-state index in [1.807, 2.05) is 0 Å². The molecule has 2 heterocycles. The molecule has 0 aromatic carbocycles. The van der Waals surface area contributed by atoms with E-state index in [-0.39, 0.29) is 18.8 Å². The second-order valence-electron chi connectivity index (χ2n) is 4.95. The lowest BCUT2D eigenvalue weighted by Gasteiger charge is -2.17. The predicted molar refractivity (Wildman–Crippen MR) is 75.1 cm³/mol. The summed E-state index contributed by atoms with van der Waals surface area (Å²) in [6.45, 7) is 4.11. The average Bonchev–Trinajstić information content (AvgIpc) is 2.94. The minimum Gasteiger partial charge on any atom is -0.511 e. The first kappa shape index (κ1) is 16.2. The highest BCUT2D eigenvalue weighted by molar-refractivity contribution is 7.54. The van der Waals surface area contributed by atoms with Crippen molar-refractivity contribution in [3.05, 3.63) is 11.3 Å². The smallest absolute Gasteiger partial charge is 0.338 e. The molecule has 0 spiro atoms. The van der Waals surface area contributed by atoms with Gasteiger partial charge in [-0.05, 0) is 26.7 Å². The maximum absolute atomic E-state index is 12.4. The number of amides is 1. The van der Waals surface area contributed by atoms with E-state index >= 15 is 0 Å². The summed E-state index contributed by atoms with van der Waals surface area (Å²) in [6.07, 6.45) is 0.935. The van der Waals surface area contributed by atoms with Crippen LogP contribution in [0.4, 0.5) is 0 Å². The van der Waals surface area contributed by atoms with E-state index < -0.39 is 37.2 Å². The maximum atomic E-state index is 12.4. The summed E-state index contributed by atoms with van der Waals surface area (Å²) in [4.78, 5) is 25.8. The minimum absolute atomic E-state index is 0.149. The number of rotatable bonds is 6. The standard InChI is InChI=1S/C13H20NO6P/c1-3-19-21(18,20-4-2)8-10(15)11-12(16)9-6-5-7-14(9)13(11)17/h9,15H,3-8H2,1-2H3/b11-10-/t9-/m0/s1. The molecule has 8 heteroatoms. The van der Waals surface area contributed by atoms with Gasteiger partial charge >= 0.3 is 7.60 Å². The molecular weight excluding hydrogens is 297 g/mol. The molecule has 2 fully saturated rings. The first-order chi connectivity index (χ1) is 9.93. The van der Waals surface area contributed by atoms with Crippen LogP contribution in [0.2, 0.25) is 0 Å². The first-order valence-electron chi connectivity index (χ1n) is 7.09. The lowest BCUT2D eigenvalue weighted by Crippen LogP contribution is -2.28. The van der Waals surface area contributed by atoms with Gasteiger partial charge in [0, 0.05) is 6.54 Å². The number of carbonyl (C=O) groups is 2. The van der Waals surface area contributed by atoms with Gasteiger partial charge in [0.1, 0.15) is 17.5 Å². The van der Waals surface area contributed by atoms with E-state index in [4.69, 9.17) is 9.05 Å². The zero-order valence-corrected chi connectivity index (χ0v) is 13.1. The zero-order valence-electron chi connectivity index (χ0n) is 12.2. The highest BCUT2D eigenvalue weighted by atomic mass is 31.2. The number of Topliss-reactive ketones (excluding diaryl/α,β-unsaturated/α-hetero) is 1. The third-order valence-corrected chi connectivity index (χ3v) is 5.55. The number of aliphatic hydroxyl groups is 1. The van der Waals surface area contributed by atoms with Crippen LogP contribution >= 0.6 is 7.60 Å². The SMILES string of the molecule is CCOP(=O)(C/C(O)=C1\C(=O)[C@@H]2CCCN2C1=O)OCC. The Morgan fingerprint density at radius 2 is 1.95 bits per heavy atom. The fourth-order valence-corrected chi connectivity index (χ4v) is 4.32. The highest BCUT2D eigenvalue weighted by Gasteiger charge is 2.47. The molecule has 1 N–H and O–H groups in total. The molecule has 2 rings (SSSR count). The van der Waals surface area contributed by atoms with Crippen molar-refractivity contribution in [2.24, 2.45) is 0 Å². The van der Waals surface area contributed by atoms with Crippen LogP contribution in [-0.2, 0) is 23.2 Å². The van der Waals surface area contributed by atoms with Crippen molar-refractivity contribution < 1.29 is 28.3 Å². The summed E-state index contributed by atoms with van der Waals surface area (Å²) in [5.41, 5.74) is -0.265. The molecule has 0 aromatic heterocycles. The summed E-state index contributed by atoms with van der Waals surface area (Å²) in [5, 5.41) is 10.1. The Morgan fingerprint density at radius 3 is 2.48 bits per heavy atom. The van der Waals surface area contributed by atoms with Crippen LogP contribution in [-0.4, -0.2) is 53.7 Å². The Kier molecular flexibility index (Phi) is 4.86. The lowest BCUT2D eigenvalue weighted by atomic mass is 10.1. The van der Waals surface area contributed by atoms with Gasteiger partial charge in [-0.15, -0.1) is 0 Å². The molecule has 0 radical (unpaired) electrons. The van der Waals surface area contributed by atoms with E-state index in [0.717, 1.165) is 6.42 Å². The number of nitrogens with zero attached hydrogens (tertiary/aromatic N) is 1. The molecule has 21 heavy (non-hydrogen) atoms. The molecule has 2 saturated heterocycles. The molecule has 2 aliphatic rings. The van der Waals surface area contributed by atoms with E-state index in [9.17, 15) is 19.3 Å². The molecule has 2 aliphatic heterocycles. The number of hydrogen-bond acceptors (Lipinski definition) is 6. The Morgan fingerprint density at radius 1 is 1.33 bits per heavy atom.